The molecule has 16 heavy (non-hydrogen) atoms. The maximum absolute atomic E-state index is 11.6. The van der Waals surface area contributed by atoms with E-state index in [1.165, 1.54) is 16.8 Å². The van der Waals surface area contributed by atoms with Gasteiger partial charge < -0.3 is 4.57 Å². The molecular weight excluding hydrogens is 299 g/mol. The number of hydrogen-bond donors (Lipinski definition) is 0. The van der Waals surface area contributed by atoms with Gasteiger partial charge >= 0.3 is 11.2 Å². The highest BCUT2D eigenvalue weighted by molar-refractivity contribution is 9.10. The van der Waals surface area contributed by atoms with E-state index in [0.717, 1.165) is 0 Å². The van der Waals surface area contributed by atoms with Crippen LogP contribution in [0.15, 0.2) is 33.7 Å². The van der Waals surface area contributed by atoms with Crippen LogP contribution in [-0.4, -0.2) is 15.4 Å². The lowest BCUT2D eigenvalue weighted by atomic mass is 10.4. The largest absolute Gasteiger partial charge is 0.335 e. The number of aromatic nitrogens is 1. The first-order valence-corrected chi connectivity index (χ1v) is 5.64. The number of halogens is 2. The van der Waals surface area contributed by atoms with Gasteiger partial charge in [-0.2, -0.15) is 0 Å². The molecular formula is C9H8BrClN2O3. The van der Waals surface area contributed by atoms with Gasteiger partial charge in [0, 0.05) is 29.2 Å². The van der Waals surface area contributed by atoms with Crippen LogP contribution in [0.2, 0.25) is 0 Å². The van der Waals surface area contributed by atoms with Crippen molar-refractivity contribution in [3.63, 3.8) is 0 Å². The zero-order valence-corrected chi connectivity index (χ0v) is 10.4. The second-order valence-corrected chi connectivity index (χ2v) is 4.11. The SMILES string of the molecule is O=c1c([N+](=O)[O-])cc(Br)cn1CC=CCCl. The number of nitrogens with zero attached hydrogens (tertiary/aromatic N) is 2. The Morgan fingerprint density at radius 3 is 2.81 bits per heavy atom. The molecule has 0 aromatic carbocycles. The molecule has 0 aliphatic rings. The summed E-state index contributed by atoms with van der Waals surface area (Å²) in [6.07, 6.45) is 4.83. The third kappa shape index (κ3) is 3.18. The van der Waals surface area contributed by atoms with Crippen molar-refractivity contribution >= 4 is 33.2 Å². The lowest BCUT2D eigenvalue weighted by Crippen LogP contribution is -2.21. The molecule has 0 aliphatic carbocycles. The maximum atomic E-state index is 11.6. The van der Waals surface area contributed by atoms with Crippen LogP contribution in [0, 0.1) is 10.1 Å². The highest BCUT2D eigenvalue weighted by atomic mass is 79.9. The molecule has 0 fully saturated rings. The predicted octanol–water partition coefficient (Wildman–Crippen LogP) is 2.31. The summed E-state index contributed by atoms with van der Waals surface area (Å²) in [6, 6.07) is 1.18. The summed E-state index contributed by atoms with van der Waals surface area (Å²) in [4.78, 5) is 21.5. The van der Waals surface area contributed by atoms with E-state index in [1.807, 2.05) is 0 Å². The normalized spacial score (nSPS) is 10.9. The van der Waals surface area contributed by atoms with Crippen LogP contribution in [0.3, 0.4) is 0 Å². The Labute approximate surface area is 105 Å². The van der Waals surface area contributed by atoms with E-state index in [1.54, 1.807) is 12.2 Å². The number of alkyl halides is 1. The average molecular weight is 308 g/mol. The maximum Gasteiger partial charge on any atom is 0.335 e. The van der Waals surface area contributed by atoms with Crippen LogP contribution >= 0.6 is 27.5 Å². The highest BCUT2D eigenvalue weighted by Crippen LogP contribution is 2.13. The molecule has 1 aromatic rings. The van der Waals surface area contributed by atoms with E-state index in [9.17, 15) is 14.9 Å². The monoisotopic (exact) mass is 306 g/mol. The van der Waals surface area contributed by atoms with Crippen molar-refractivity contribution in [2.45, 2.75) is 6.54 Å². The average Bonchev–Trinajstić information content (AvgIpc) is 2.22. The number of hydrogen-bond acceptors (Lipinski definition) is 3. The molecule has 1 heterocycles. The zero-order chi connectivity index (χ0) is 12.1. The fourth-order valence-corrected chi connectivity index (χ4v) is 1.69. The smallest absolute Gasteiger partial charge is 0.305 e. The second kappa shape index (κ2) is 5.81. The van der Waals surface area contributed by atoms with Gasteiger partial charge in [-0.15, -0.1) is 11.6 Å². The molecule has 1 aromatic heterocycles. The molecule has 0 radical (unpaired) electrons. The Morgan fingerprint density at radius 1 is 1.56 bits per heavy atom. The first-order valence-electron chi connectivity index (χ1n) is 4.31. The third-order valence-corrected chi connectivity index (χ3v) is 2.40. The molecule has 0 N–H and O–H groups in total. The minimum atomic E-state index is -0.700. The lowest BCUT2D eigenvalue weighted by molar-refractivity contribution is -0.386. The summed E-state index contributed by atoms with van der Waals surface area (Å²) >= 11 is 8.54. The van der Waals surface area contributed by atoms with Crippen molar-refractivity contribution in [3.8, 4) is 0 Å². The Hall–Kier alpha value is -1.14. The Morgan fingerprint density at radius 2 is 2.25 bits per heavy atom. The van der Waals surface area contributed by atoms with Crippen molar-refractivity contribution in [1.29, 1.82) is 0 Å². The van der Waals surface area contributed by atoms with Crippen LogP contribution in [0.25, 0.3) is 0 Å². The van der Waals surface area contributed by atoms with Crippen LogP contribution in [0.4, 0.5) is 5.69 Å². The zero-order valence-electron chi connectivity index (χ0n) is 8.10. The molecule has 7 heteroatoms. The molecule has 1 rings (SSSR count). The van der Waals surface area contributed by atoms with Gasteiger partial charge in [0.25, 0.3) is 0 Å². The molecule has 0 amide bonds. The van der Waals surface area contributed by atoms with E-state index in [-0.39, 0.29) is 6.54 Å². The van der Waals surface area contributed by atoms with Gasteiger partial charge in [-0.05, 0) is 15.9 Å². The number of rotatable bonds is 4. The molecule has 0 aliphatic heterocycles. The van der Waals surface area contributed by atoms with E-state index < -0.39 is 16.2 Å². The molecule has 0 bridgehead atoms. The van der Waals surface area contributed by atoms with Crippen LogP contribution in [-0.2, 0) is 6.54 Å². The topological polar surface area (TPSA) is 65.1 Å². The summed E-state index contributed by atoms with van der Waals surface area (Å²) < 4.78 is 1.73. The highest BCUT2D eigenvalue weighted by Gasteiger charge is 2.14. The standard InChI is InChI=1S/C9H8BrClN2O3/c10-7-5-8(13(15)16)9(14)12(6-7)4-2-1-3-11/h1-2,5-6H,3-4H2. The van der Waals surface area contributed by atoms with Gasteiger partial charge in [-0.1, -0.05) is 12.2 Å². The molecule has 0 saturated carbocycles. The van der Waals surface area contributed by atoms with Crippen molar-refractivity contribution in [1.82, 2.24) is 4.57 Å². The summed E-state index contributed by atoms with van der Waals surface area (Å²) in [6.45, 7) is 0.256. The third-order valence-electron chi connectivity index (χ3n) is 1.79. The molecule has 5 nitrogen and oxygen atoms in total. The fraction of sp³-hybridized carbons (Fsp3) is 0.222. The summed E-state index contributed by atoms with van der Waals surface area (Å²) in [7, 11) is 0. The number of nitro groups is 1. The molecule has 0 unspecified atom stereocenters. The quantitative estimate of drug-likeness (QED) is 0.371. The van der Waals surface area contributed by atoms with Gasteiger partial charge in [0.05, 0.1) is 4.92 Å². The van der Waals surface area contributed by atoms with Gasteiger partial charge in [-0.25, -0.2) is 0 Å². The molecule has 0 saturated heterocycles. The van der Waals surface area contributed by atoms with E-state index in [4.69, 9.17) is 11.6 Å². The summed E-state index contributed by atoms with van der Waals surface area (Å²) in [5.41, 5.74) is -1.08. The minimum absolute atomic E-state index is 0.256. The van der Waals surface area contributed by atoms with Crippen molar-refractivity contribution in [2.24, 2.45) is 0 Å². The van der Waals surface area contributed by atoms with Crippen LogP contribution < -0.4 is 5.56 Å². The molecule has 0 spiro atoms. The first kappa shape index (κ1) is 12.9. The minimum Gasteiger partial charge on any atom is -0.305 e. The molecule has 86 valence electrons. The summed E-state index contributed by atoms with van der Waals surface area (Å²) in [5, 5.41) is 10.6. The van der Waals surface area contributed by atoms with Gasteiger partial charge in [0.2, 0.25) is 0 Å². The lowest BCUT2D eigenvalue weighted by Gasteiger charge is -2.02. The first-order chi connectivity index (χ1) is 7.56. The van der Waals surface area contributed by atoms with Crippen LogP contribution in [0.1, 0.15) is 0 Å². The second-order valence-electron chi connectivity index (χ2n) is 2.88. The van der Waals surface area contributed by atoms with E-state index in [2.05, 4.69) is 15.9 Å². The Bertz CT molecular complexity index is 484. The Balaban J connectivity index is 3.14. The van der Waals surface area contributed by atoms with Crippen LogP contribution in [0.5, 0.6) is 0 Å². The summed E-state index contributed by atoms with van der Waals surface area (Å²) in [5.74, 6) is 0.338. The van der Waals surface area contributed by atoms with Crippen molar-refractivity contribution < 1.29 is 4.92 Å². The fourth-order valence-electron chi connectivity index (χ4n) is 1.10. The predicted molar refractivity (Wildman–Crippen MR) is 64.9 cm³/mol. The van der Waals surface area contributed by atoms with Gasteiger partial charge in [0.15, 0.2) is 0 Å². The molecule has 0 atom stereocenters. The van der Waals surface area contributed by atoms with Gasteiger partial charge in [-0.3, -0.25) is 14.9 Å². The van der Waals surface area contributed by atoms with E-state index >= 15 is 0 Å². The van der Waals surface area contributed by atoms with E-state index in [0.29, 0.717) is 10.4 Å². The number of allylic oxidation sites excluding steroid dienone is 2. The Kier molecular flexibility index (Phi) is 4.70. The van der Waals surface area contributed by atoms with Gasteiger partial charge in [0.1, 0.15) is 0 Å². The van der Waals surface area contributed by atoms with Crippen molar-refractivity contribution in [3.05, 3.63) is 49.4 Å². The number of pyridine rings is 1. The van der Waals surface area contributed by atoms with Crippen molar-refractivity contribution in [2.75, 3.05) is 5.88 Å².